The van der Waals surface area contributed by atoms with Crippen molar-refractivity contribution in [3.05, 3.63) is 96.1 Å². The third-order valence-corrected chi connectivity index (χ3v) is 4.73. The quantitative estimate of drug-likeness (QED) is 0.660. The first kappa shape index (κ1) is 18.9. The van der Waals surface area contributed by atoms with Gasteiger partial charge in [-0.1, -0.05) is 84.9 Å². The predicted octanol–water partition coefficient (Wildman–Crippen LogP) is 4.31. The van der Waals surface area contributed by atoms with Crippen molar-refractivity contribution in [1.29, 1.82) is 0 Å². The van der Waals surface area contributed by atoms with Crippen molar-refractivity contribution in [2.75, 3.05) is 6.54 Å². The minimum Gasteiger partial charge on any atom is -0.384 e. The highest BCUT2D eigenvalue weighted by Gasteiger charge is 2.23. The van der Waals surface area contributed by atoms with E-state index in [1.807, 2.05) is 72.8 Å². The van der Waals surface area contributed by atoms with E-state index in [4.69, 9.17) is 0 Å². The molecule has 0 saturated carbocycles. The molecule has 0 radical (unpaired) electrons. The maximum absolute atomic E-state index is 12.1. The van der Waals surface area contributed by atoms with E-state index in [2.05, 4.69) is 17.4 Å². The van der Waals surface area contributed by atoms with Crippen LogP contribution in [0.1, 0.15) is 24.5 Å². The summed E-state index contributed by atoms with van der Waals surface area (Å²) in [6, 6.07) is 27.9. The fourth-order valence-electron chi connectivity index (χ4n) is 3.02. The Morgan fingerprint density at radius 2 is 1.41 bits per heavy atom. The Balaban J connectivity index is 1.55. The van der Waals surface area contributed by atoms with Gasteiger partial charge < -0.3 is 10.4 Å². The van der Waals surface area contributed by atoms with Gasteiger partial charge in [-0.25, -0.2) is 0 Å². The molecule has 1 amide bonds. The molecule has 3 aromatic rings. The SMILES string of the molecule is CC(O)(CNC(=O)CCc1ccccc1)c1ccc(-c2ccccc2)cc1. The third kappa shape index (κ3) is 5.28. The molecule has 1 atom stereocenters. The zero-order valence-corrected chi connectivity index (χ0v) is 15.6. The molecule has 0 heterocycles. The summed E-state index contributed by atoms with van der Waals surface area (Å²) in [7, 11) is 0. The van der Waals surface area contributed by atoms with Crippen molar-refractivity contribution in [3.8, 4) is 11.1 Å². The van der Waals surface area contributed by atoms with Crippen molar-refractivity contribution in [2.24, 2.45) is 0 Å². The Morgan fingerprint density at radius 3 is 2.04 bits per heavy atom. The summed E-state index contributed by atoms with van der Waals surface area (Å²) in [4.78, 5) is 12.1. The van der Waals surface area contributed by atoms with Gasteiger partial charge >= 0.3 is 0 Å². The van der Waals surface area contributed by atoms with Crippen LogP contribution in [0.15, 0.2) is 84.9 Å². The Morgan fingerprint density at radius 1 is 0.852 bits per heavy atom. The van der Waals surface area contributed by atoms with E-state index in [0.29, 0.717) is 12.8 Å². The van der Waals surface area contributed by atoms with E-state index in [1.54, 1.807) is 6.92 Å². The Kier molecular flexibility index (Phi) is 6.05. The lowest BCUT2D eigenvalue weighted by Gasteiger charge is -2.24. The maximum atomic E-state index is 12.1. The van der Waals surface area contributed by atoms with E-state index >= 15 is 0 Å². The van der Waals surface area contributed by atoms with Crippen molar-refractivity contribution in [1.82, 2.24) is 5.32 Å². The fraction of sp³-hybridized carbons (Fsp3) is 0.208. The third-order valence-electron chi connectivity index (χ3n) is 4.73. The zero-order valence-electron chi connectivity index (χ0n) is 15.6. The lowest BCUT2D eigenvalue weighted by Crippen LogP contribution is -2.38. The largest absolute Gasteiger partial charge is 0.384 e. The van der Waals surface area contributed by atoms with Gasteiger partial charge in [0.2, 0.25) is 5.91 Å². The highest BCUT2D eigenvalue weighted by molar-refractivity contribution is 5.76. The first-order valence-corrected chi connectivity index (χ1v) is 9.23. The molecule has 1 unspecified atom stereocenters. The topological polar surface area (TPSA) is 49.3 Å². The molecule has 0 fully saturated rings. The van der Waals surface area contributed by atoms with Crippen LogP contribution in [0.2, 0.25) is 0 Å². The molecule has 0 bridgehead atoms. The van der Waals surface area contributed by atoms with Gasteiger partial charge in [-0.3, -0.25) is 4.79 Å². The molecule has 2 N–H and O–H groups in total. The molecule has 0 aromatic heterocycles. The number of carbonyl (C=O) groups excluding carboxylic acids is 1. The summed E-state index contributed by atoms with van der Waals surface area (Å²) >= 11 is 0. The molecule has 0 saturated heterocycles. The number of amides is 1. The molecule has 0 aliphatic heterocycles. The fourth-order valence-corrected chi connectivity index (χ4v) is 3.02. The molecule has 3 aromatic carbocycles. The monoisotopic (exact) mass is 359 g/mol. The van der Waals surface area contributed by atoms with Gasteiger partial charge in [0.05, 0.1) is 6.54 Å². The summed E-state index contributed by atoms with van der Waals surface area (Å²) in [5.74, 6) is -0.0555. The van der Waals surface area contributed by atoms with Gasteiger partial charge in [-0.05, 0) is 35.6 Å². The second kappa shape index (κ2) is 8.65. The summed E-state index contributed by atoms with van der Waals surface area (Å²) in [5, 5.41) is 13.6. The van der Waals surface area contributed by atoms with Crippen LogP contribution in [-0.2, 0) is 16.8 Å². The molecule has 0 aliphatic carbocycles. The van der Waals surface area contributed by atoms with Crippen LogP contribution in [0.3, 0.4) is 0 Å². The molecule has 27 heavy (non-hydrogen) atoms. The summed E-state index contributed by atoms with van der Waals surface area (Å²) in [5.41, 5.74) is 3.04. The van der Waals surface area contributed by atoms with Gasteiger partial charge in [0, 0.05) is 6.42 Å². The molecule has 3 heteroatoms. The van der Waals surface area contributed by atoms with E-state index in [1.165, 1.54) is 0 Å². The first-order valence-electron chi connectivity index (χ1n) is 9.23. The number of hydrogen-bond donors (Lipinski definition) is 2. The summed E-state index contributed by atoms with van der Waals surface area (Å²) < 4.78 is 0. The van der Waals surface area contributed by atoms with Crippen LogP contribution in [0.25, 0.3) is 11.1 Å². The predicted molar refractivity (Wildman–Crippen MR) is 109 cm³/mol. The molecule has 0 spiro atoms. The number of nitrogens with one attached hydrogen (secondary N) is 1. The van der Waals surface area contributed by atoms with Crippen molar-refractivity contribution >= 4 is 5.91 Å². The van der Waals surface area contributed by atoms with Crippen molar-refractivity contribution in [3.63, 3.8) is 0 Å². The number of carbonyl (C=O) groups is 1. The van der Waals surface area contributed by atoms with Gasteiger partial charge in [0.25, 0.3) is 0 Å². The van der Waals surface area contributed by atoms with E-state index in [-0.39, 0.29) is 12.5 Å². The molecule has 3 nitrogen and oxygen atoms in total. The Labute approximate surface area is 160 Å². The average molecular weight is 359 g/mol. The molecule has 138 valence electrons. The van der Waals surface area contributed by atoms with Crippen molar-refractivity contribution < 1.29 is 9.90 Å². The zero-order chi connectivity index (χ0) is 19.1. The average Bonchev–Trinajstić information content (AvgIpc) is 2.72. The number of rotatable bonds is 7. The lowest BCUT2D eigenvalue weighted by atomic mass is 9.93. The van der Waals surface area contributed by atoms with Gasteiger partial charge in [0.15, 0.2) is 0 Å². The minimum absolute atomic E-state index is 0.0555. The first-order chi connectivity index (χ1) is 13.0. The van der Waals surface area contributed by atoms with Crippen LogP contribution in [0, 0.1) is 0 Å². The Hall–Kier alpha value is -2.91. The maximum Gasteiger partial charge on any atom is 0.220 e. The normalized spacial score (nSPS) is 13.0. The summed E-state index contributed by atoms with van der Waals surface area (Å²) in [6.07, 6.45) is 1.10. The van der Waals surface area contributed by atoms with Crippen LogP contribution < -0.4 is 5.32 Å². The van der Waals surface area contributed by atoms with E-state index in [0.717, 1.165) is 22.3 Å². The Bertz CT molecular complexity index is 856. The summed E-state index contributed by atoms with van der Waals surface area (Å²) in [6.45, 7) is 1.91. The lowest BCUT2D eigenvalue weighted by molar-refractivity contribution is -0.122. The van der Waals surface area contributed by atoms with Crippen LogP contribution in [0.5, 0.6) is 0 Å². The van der Waals surface area contributed by atoms with Crippen LogP contribution >= 0.6 is 0 Å². The molecule has 0 aliphatic rings. The number of aliphatic hydroxyl groups is 1. The number of aryl methyl sites for hydroxylation is 1. The van der Waals surface area contributed by atoms with Gasteiger partial charge in [0.1, 0.15) is 5.60 Å². The number of benzene rings is 3. The highest BCUT2D eigenvalue weighted by atomic mass is 16.3. The minimum atomic E-state index is -1.11. The highest BCUT2D eigenvalue weighted by Crippen LogP contribution is 2.24. The van der Waals surface area contributed by atoms with Crippen LogP contribution in [-0.4, -0.2) is 17.6 Å². The van der Waals surface area contributed by atoms with Crippen LogP contribution in [0.4, 0.5) is 0 Å². The molecular formula is C24H25NO2. The van der Waals surface area contributed by atoms with E-state index < -0.39 is 5.60 Å². The van der Waals surface area contributed by atoms with Gasteiger partial charge in [-0.2, -0.15) is 0 Å². The smallest absolute Gasteiger partial charge is 0.220 e. The van der Waals surface area contributed by atoms with E-state index in [9.17, 15) is 9.90 Å². The second-order valence-electron chi connectivity index (χ2n) is 6.98. The number of hydrogen-bond acceptors (Lipinski definition) is 2. The molecular weight excluding hydrogens is 334 g/mol. The van der Waals surface area contributed by atoms with Gasteiger partial charge in [-0.15, -0.1) is 0 Å². The van der Waals surface area contributed by atoms with Crippen molar-refractivity contribution in [2.45, 2.75) is 25.4 Å². The second-order valence-corrected chi connectivity index (χ2v) is 6.98. The standard InChI is InChI=1S/C24H25NO2/c1-24(27,18-25-23(26)17-12-19-8-4-2-5-9-19)22-15-13-21(14-16-22)20-10-6-3-7-11-20/h2-11,13-16,27H,12,17-18H2,1H3,(H,25,26). The molecule has 3 rings (SSSR count).